The predicted octanol–water partition coefficient (Wildman–Crippen LogP) is 3.41. The summed E-state index contributed by atoms with van der Waals surface area (Å²) in [5.74, 6) is -0.809. The van der Waals surface area contributed by atoms with E-state index >= 15 is 0 Å². The number of amides is 1. The molecule has 1 aromatic carbocycles. The van der Waals surface area contributed by atoms with E-state index in [0.29, 0.717) is 17.0 Å². The van der Waals surface area contributed by atoms with Gasteiger partial charge in [0.15, 0.2) is 5.69 Å². The lowest BCUT2D eigenvalue weighted by atomic mass is 10.3. The topological polar surface area (TPSA) is 42.0 Å². The molecule has 0 saturated heterocycles. The minimum atomic E-state index is -4.62. The number of alkyl halides is 3. The van der Waals surface area contributed by atoms with Crippen LogP contribution in [0, 0.1) is 0 Å². The molecule has 94 valence electrons. The van der Waals surface area contributed by atoms with Crippen molar-refractivity contribution in [1.29, 1.82) is 0 Å². The summed E-state index contributed by atoms with van der Waals surface area (Å²) in [6.07, 6.45) is -4.62. The van der Waals surface area contributed by atoms with Gasteiger partial charge < -0.3 is 5.32 Å². The molecule has 0 aliphatic rings. The van der Waals surface area contributed by atoms with Crippen LogP contribution in [-0.2, 0) is 6.18 Å². The van der Waals surface area contributed by atoms with Gasteiger partial charge in [-0.3, -0.25) is 4.79 Å². The second kappa shape index (κ2) is 4.77. The average Bonchev–Trinajstić information content (AvgIpc) is 2.79. The number of anilines is 1. The lowest BCUT2D eigenvalue weighted by Gasteiger charge is -2.07. The highest BCUT2D eigenvalue weighted by atomic mass is 32.1. The Bertz CT molecular complexity index is 551. The number of carbonyl (C=O) groups is 1. The molecule has 0 radical (unpaired) electrons. The Morgan fingerprint density at radius 2 is 1.89 bits per heavy atom. The molecule has 1 N–H and O–H groups in total. The third kappa shape index (κ3) is 2.67. The molecule has 3 nitrogen and oxygen atoms in total. The van der Waals surface area contributed by atoms with Gasteiger partial charge in [0, 0.05) is 5.69 Å². The zero-order chi connectivity index (χ0) is 13.2. The molecule has 2 aromatic rings. The van der Waals surface area contributed by atoms with E-state index < -0.39 is 22.7 Å². The lowest BCUT2D eigenvalue weighted by Crippen LogP contribution is -2.17. The normalized spacial score (nSPS) is 11.3. The molecular formula is C11H7F3N2OS. The van der Waals surface area contributed by atoms with Gasteiger partial charge >= 0.3 is 6.18 Å². The Hall–Kier alpha value is -1.89. The molecule has 1 heterocycles. The molecule has 0 fully saturated rings. The van der Waals surface area contributed by atoms with E-state index in [0.717, 1.165) is 5.51 Å². The number of rotatable bonds is 2. The maximum atomic E-state index is 12.5. The summed E-state index contributed by atoms with van der Waals surface area (Å²) < 4.78 is 37.6. The predicted molar refractivity (Wildman–Crippen MR) is 61.5 cm³/mol. The number of nitrogens with zero attached hydrogens (tertiary/aromatic N) is 1. The van der Waals surface area contributed by atoms with Crippen molar-refractivity contribution >= 4 is 22.9 Å². The summed E-state index contributed by atoms with van der Waals surface area (Å²) in [5.41, 5.74) is 0.285. The summed E-state index contributed by atoms with van der Waals surface area (Å²) >= 11 is 0.661. The van der Waals surface area contributed by atoms with Crippen LogP contribution in [-0.4, -0.2) is 10.9 Å². The van der Waals surface area contributed by atoms with Crippen molar-refractivity contribution in [2.75, 3.05) is 5.32 Å². The number of thiazole rings is 1. The van der Waals surface area contributed by atoms with Crippen molar-refractivity contribution in [1.82, 2.24) is 4.98 Å². The van der Waals surface area contributed by atoms with Crippen molar-refractivity contribution < 1.29 is 18.0 Å². The van der Waals surface area contributed by atoms with Crippen molar-refractivity contribution in [3.63, 3.8) is 0 Å². The van der Waals surface area contributed by atoms with Crippen LogP contribution < -0.4 is 5.32 Å². The van der Waals surface area contributed by atoms with Gasteiger partial charge in [0.25, 0.3) is 5.91 Å². The number of para-hydroxylation sites is 1. The number of carbonyl (C=O) groups excluding carboxylic acids is 1. The fraction of sp³-hybridized carbons (Fsp3) is 0.0909. The Labute approximate surface area is 104 Å². The van der Waals surface area contributed by atoms with Crippen LogP contribution >= 0.6 is 11.3 Å². The van der Waals surface area contributed by atoms with Gasteiger partial charge in [-0.25, -0.2) is 4.98 Å². The van der Waals surface area contributed by atoms with Crippen LogP contribution in [0.4, 0.5) is 18.9 Å². The summed E-state index contributed by atoms with van der Waals surface area (Å²) in [6.45, 7) is 0. The van der Waals surface area contributed by atoms with Crippen LogP contribution in [0.5, 0.6) is 0 Å². The molecule has 1 aromatic heterocycles. The minimum absolute atomic E-state index is 0.434. The van der Waals surface area contributed by atoms with E-state index in [4.69, 9.17) is 0 Å². The number of hydrogen-bond donors (Lipinski definition) is 1. The lowest BCUT2D eigenvalue weighted by molar-refractivity contribution is -0.141. The van der Waals surface area contributed by atoms with Gasteiger partial charge in [-0.15, -0.1) is 11.3 Å². The Balaban J connectivity index is 2.23. The first-order valence-corrected chi connectivity index (χ1v) is 5.73. The molecule has 0 spiro atoms. The number of halogens is 3. The van der Waals surface area contributed by atoms with Gasteiger partial charge in [0.05, 0.1) is 5.51 Å². The highest BCUT2D eigenvalue weighted by Gasteiger charge is 2.38. The van der Waals surface area contributed by atoms with E-state index in [9.17, 15) is 18.0 Å². The van der Waals surface area contributed by atoms with Gasteiger partial charge in [-0.05, 0) is 12.1 Å². The van der Waals surface area contributed by atoms with Gasteiger partial charge in [0.2, 0.25) is 0 Å². The molecule has 0 aliphatic heterocycles. The van der Waals surface area contributed by atoms with E-state index in [-0.39, 0.29) is 0 Å². The Morgan fingerprint density at radius 1 is 1.22 bits per heavy atom. The summed E-state index contributed by atoms with van der Waals surface area (Å²) in [4.78, 5) is 14.4. The molecule has 0 unspecified atom stereocenters. The molecule has 0 saturated carbocycles. The maximum Gasteiger partial charge on any atom is 0.434 e. The molecular weight excluding hydrogens is 265 g/mol. The second-order valence-corrected chi connectivity index (χ2v) is 4.20. The van der Waals surface area contributed by atoms with Crippen molar-refractivity contribution in [2.24, 2.45) is 0 Å². The molecule has 0 aliphatic carbocycles. The van der Waals surface area contributed by atoms with E-state index in [1.807, 2.05) is 0 Å². The van der Waals surface area contributed by atoms with Gasteiger partial charge in [-0.1, -0.05) is 18.2 Å². The monoisotopic (exact) mass is 272 g/mol. The van der Waals surface area contributed by atoms with Crippen LogP contribution in [0.1, 0.15) is 15.4 Å². The molecule has 0 bridgehead atoms. The fourth-order valence-electron chi connectivity index (χ4n) is 1.32. The largest absolute Gasteiger partial charge is 0.434 e. The van der Waals surface area contributed by atoms with E-state index in [2.05, 4.69) is 10.3 Å². The summed E-state index contributed by atoms with van der Waals surface area (Å²) in [6, 6.07) is 8.27. The van der Waals surface area contributed by atoms with Crippen LogP contribution in [0.2, 0.25) is 0 Å². The quantitative estimate of drug-likeness (QED) is 0.910. The zero-order valence-corrected chi connectivity index (χ0v) is 9.68. The van der Waals surface area contributed by atoms with Crippen LogP contribution in [0.3, 0.4) is 0 Å². The van der Waals surface area contributed by atoms with E-state index in [1.165, 1.54) is 0 Å². The second-order valence-electron chi connectivity index (χ2n) is 3.35. The van der Waals surface area contributed by atoms with Crippen molar-refractivity contribution in [3.8, 4) is 0 Å². The zero-order valence-electron chi connectivity index (χ0n) is 8.86. The smallest absolute Gasteiger partial charge is 0.321 e. The Morgan fingerprint density at radius 3 is 2.50 bits per heavy atom. The first kappa shape index (κ1) is 12.6. The van der Waals surface area contributed by atoms with Crippen molar-refractivity contribution in [3.05, 3.63) is 46.4 Å². The molecule has 2 rings (SSSR count). The van der Waals surface area contributed by atoms with Gasteiger partial charge in [-0.2, -0.15) is 13.2 Å². The fourth-order valence-corrected chi connectivity index (χ4v) is 2.02. The molecule has 1 amide bonds. The van der Waals surface area contributed by atoms with E-state index in [1.54, 1.807) is 30.3 Å². The SMILES string of the molecule is O=C(Nc1ccccc1)c1scnc1C(F)(F)F. The number of aromatic nitrogens is 1. The average molecular weight is 272 g/mol. The number of nitrogens with one attached hydrogen (secondary N) is 1. The third-order valence-electron chi connectivity index (χ3n) is 2.07. The first-order chi connectivity index (χ1) is 8.48. The highest BCUT2D eigenvalue weighted by molar-refractivity contribution is 7.12. The standard InChI is InChI=1S/C11H7F3N2OS/c12-11(13,14)9-8(18-6-15-9)10(17)16-7-4-2-1-3-5-7/h1-6H,(H,16,17). The minimum Gasteiger partial charge on any atom is -0.321 e. The van der Waals surface area contributed by atoms with Gasteiger partial charge in [0.1, 0.15) is 4.88 Å². The maximum absolute atomic E-state index is 12.5. The number of hydrogen-bond acceptors (Lipinski definition) is 3. The summed E-state index contributed by atoms with van der Waals surface area (Å²) in [5, 5.41) is 2.39. The molecule has 0 atom stereocenters. The summed E-state index contributed by atoms with van der Waals surface area (Å²) in [7, 11) is 0. The van der Waals surface area contributed by atoms with Crippen LogP contribution in [0.15, 0.2) is 35.8 Å². The molecule has 18 heavy (non-hydrogen) atoms. The highest BCUT2D eigenvalue weighted by Crippen LogP contribution is 2.32. The van der Waals surface area contributed by atoms with Crippen molar-refractivity contribution in [2.45, 2.75) is 6.18 Å². The molecule has 7 heteroatoms. The first-order valence-electron chi connectivity index (χ1n) is 4.85. The third-order valence-corrected chi connectivity index (χ3v) is 2.90. The van der Waals surface area contributed by atoms with Crippen LogP contribution in [0.25, 0.3) is 0 Å². The Kier molecular flexibility index (Phi) is 3.33. The number of benzene rings is 1.